The second-order valence-electron chi connectivity index (χ2n) is 16.7. The van der Waals surface area contributed by atoms with Crippen molar-refractivity contribution in [1.82, 2.24) is 5.32 Å². The number of phosphoric ester groups is 1. The average Bonchev–Trinajstić information content (AvgIpc) is 3.13. The first-order valence-electron chi connectivity index (χ1n) is 22.9. The number of aliphatic hydroxyl groups excluding tert-OH is 1. The van der Waals surface area contributed by atoms with Crippen LogP contribution in [0.25, 0.3) is 0 Å². The van der Waals surface area contributed by atoms with Crippen LogP contribution in [0.4, 0.5) is 0 Å². The number of carbonyl (C=O) groups is 1. The van der Waals surface area contributed by atoms with Crippen LogP contribution < -0.4 is 10.2 Å². The summed E-state index contributed by atoms with van der Waals surface area (Å²) in [6.45, 7) is 4.61. The molecule has 0 aromatic rings. The third-order valence-electron chi connectivity index (χ3n) is 10.1. The van der Waals surface area contributed by atoms with Gasteiger partial charge in [-0.25, -0.2) is 0 Å². The highest BCUT2D eigenvalue weighted by Crippen LogP contribution is 2.38. The Bertz CT molecular complexity index is 995. The lowest BCUT2D eigenvalue weighted by Gasteiger charge is -2.29. The molecule has 0 aliphatic heterocycles. The molecule has 0 heterocycles. The number of carbonyl (C=O) groups excluding carboxylic acids is 1. The number of hydrogen-bond donors (Lipinski definition) is 2. The molecule has 0 bridgehead atoms. The Labute approximate surface area is 340 Å². The van der Waals surface area contributed by atoms with Crippen molar-refractivity contribution in [1.29, 1.82) is 0 Å². The van der Waals surface area contributed by atoms with Gasteiger partial charge in [0.05, 0.1) is 39.9 Å². The second-order valence-corrected chi connectivity index (χ2v) is 18.2. The van der Waals surface area contributed by atoms with Gasteiger partial charge in [-0.2, -0.15) is 0 Å². The molecule has 55 heavy (non-hydrogen) atoms. The molecule has 0 saturated carbocycles. The lowest BCUT2D eigenvalue weighted by molar-refractivity contribution is -0.870. The Morgan fingerprint density at radius 1 is 0.618 bits per heavy atom. The van der Waals surface area contributed by atoms with E-state index in [0.717, 1.165) is 51.4 Å². The van der Waals surface area contributed by atoms with Crippen molar-refractivity contribution in [2.75, 3.05) is 40.9 Å². The van der Waals surface area contributed by atoms with Crippen LogP contribution in [0.5, 0.6) is 0 Å². The highest BCUT2D eigenvalue weighted by molar-refractivity contribution is 7.45. The molecule has 0 aromatic heterocycles. The summed E-state index contributed by atoms with van der Waals surface area (Å²) in [5.41, 5.74) is 0. The number of phosphoric acid groups is 1. The van der Waals surface area contributed by atoms with Crippen LogP contribution in [0.1, 0.15) is 200 Å². The average molecular weight is 797 g/mol. The highest BCUT2D eigenvalue weighted by atomic mass is 31.2. The monoisotopic (exact) mass is 797 g/mol. The van der Waals surface area contributed by atoms with Gasteiger partial charge in [-0.05, 0) is 57.8 Å². The Morgan fingerprint density at radius 3 is 1.47 bits per heavy atom. The number of quaternary nitrogens is 1. The van der Waals surface area contributed by atoms with Crippen LogP contribution in [0.3, 0.4) is 0 Å². The zero-order valence-electron chi connectivity index (χ0n) is 36.6. The maximum atomic E-state index is 12.8. The van der Waals surface area contributed by atoms with Crippen molar-refractivity contribution in [3.05, 3.63) is 36.5 Å². The largest absolute Gasteiger partial charge is 0.756 e. The number of unbranched alkanes of at least 4 members (excludes halogenated alkanes) is 24. The molecule has 8 nitrogen and oxygen atoms in total. The van der Waals surface area contributed by atoms with E-state index in [9.17, 15) is 19.4 Å². The fourth-order valence-electron chi connectivity index (χ4n) is 6.40. The van der Waals surface area contributed by atoms with Crippen molar-refractivity contribution >= 4 is 13.7 Å². The van der Waals surface area contributed by atoms with E-state index in [0.29, 0.717) is 17.4 Å². The molecule has 0 aromatic carbocycles. The highest BCUT2D eigenvalue weighted by Gasteiger charge is 2.23. The first-order chi connectivity index (χ1) is 26.5. The molecule has 2 N–H and O–H groups in total. The van der Waals surface area contributed by atoms with E-state index in [-0.39, 0.29) is 12.5 Å². The van der Waals surface area contributed by atoms with E-state index >= 15 is 0 Å². The summed E-state index contributed by atoms with van der Waals surface area (Å²) in [5, 5.41) is 13.8. The maximum Gasteiger partial charge on any atom is 0.268 e. The summed E-state index contributed by atoms with van der Waals surface area (Å²) in [6, 6.07) is -0.905. The minimum Gasteiger partial charge on any atom is -0.756 e. The fraction of sp³-hybridized carbons (Fsp3) is 0.848. The van der Waals surface area contributed by atoms with Crippen LogP contribution in [0.15, 0.2) is 36.5 Å². The molecule has 9 heteroatoms. The van der Waals surface area contributed by atoms with E-state index in [1.807, 2.05) is 27.2 Å². The van der Waals surface area contributed by atoms with Crippen molar-refractivity contribution in [3.8, 4) is 0 Å². The molecule has 0 saturated heterocycles. The molecule has 0 aliphatic rings. The van der Waals surface area contributed by atoms with Crippen molar-refractivity contribution in [2.24, 2.45) is 0 Å². The summed E-state index contributed by atoms with van der Waals surface area (Å²) in [5.74, 6) is -0.216. The molecule has 0 fully saturated rings. The first-order valence-corrected chi connectivity index (χ1v) is 24.3. The lowest BCUT2D eigenvalue weighted by atomic mass is 10.1. The molecule has 3 atom stereocenters. The Kier molecular flexibility index (Phi) is 37.4. The smallest absolute Gasteiger partial charge is 0.268 e. The number of amides is 1. The molecule has 324 valence electrons. The normalized spacial score (nSPS) is 14.7. The summed E-state index contributed by atoms with van der Waals surface area (Å²) in [7, 11) is 1.24. The molecule has 0 spiro atoms. The van der Waals surface area contributed by atoms with Crippen LogP contribution in [-0.4, -0.2) is 68.5 Å². The van der Waals surface area contributed by atoms with Crippen molar-refractivity contribution in [3.63, 3.8) is 0 Å². The summed E-state index contributed by atoms with van der Waals surface area (Å²) in [4.78, 5) is 25.3. The van der Waals surface area contributed by atoms with Crippen LogP contribution in [0.2, 0.25) is 0 Å². The number of likely N-dealkylation sites (N-methyl/N-ethyl adjacent to an activating group) is 1. The van der Waals surface area contributed by atoms with Gasteiger partial charge in [-0.1, -0.05) is 172 Å². The van der Waals surface area contributed by atoms with E-state index in [2.05, 4.69) is 43.5 Å². The lowest BCUT2D eigenvalue weighted by Crippen LogP contribution is -2.45. The topological polar surface area (TPSA) is 108 Å². The van der Waals surface area contributed by atoms with E-state index in [1.165, 1.54) is 128 Å². The maximum absolute atomic E-state index is 12.8. The fourth-order valence-corrected chi connectivity index (χ4v) is 7.12. The molecule has 1 amide bonds. The Hall–Kier alpha value is -1.28. The van der Waals surface area contributed by atoms with Gasteiger partial charge >= 0.3 is 0 Å². The number of nitrogens with zero attached hydrogens (tertiary/aromatic N) is 1. The number of aliphatic hydroxyl groups is 1. The van der Waals surface area contributed by atoms with Gasteiger partial charge < -0.3 is 28.8 Å². The zero-order valence-corrected chi connectivity index (χ0v) is 37.5. The Balaban J connectivity index is 4.48. The van der Waals surface area contributed by atoms with Gasteiger partial charge in [0.25, 0.3) is 7.82 Å². The molecular weight excluding hydrogens is 707 g/mol. The minimum absolute atomic E-state index is 0.00786. The summed E-state index contributed by atoms with van der Waals surface area (Å²) in [6.07, 6.45) is 46.2. The van der Waals surface area contributed by atoms with E-state index in [4.69, 9.17) is 9.05 Å². The standard InChI is InChI=1S/C46H89N2O6P/c1-6-8-10-12-14-16-18-20-22-24-25-27-29-31-33-35-37-39-45(49)44(43-54-55(51,52)53-42-41-48(3,4)5)47-46(50)40-38-36-34-32-30-28-26-23-21-19-17-15-13-11-9-7-2/h23,26,29,31,37,39,44-45,49H,6-22,24-25,27-28,30,32-36,38,40-43H2,1-5H3,(H-,47,50,51,52)/b26-23-,31-29+,39-37+. The first kappa shape index (κ1) is 53.7. The third kappa shape index (κ3) is 40.7. The van der Waals surface area contributed by atoms with Gasteiger partial charge in [0.2, 0.25) is 5.91 Å². The number of nitrogens with one attached hydrogen (secondary N) is 1. The van der Waals surface area contributed by atoms with Crippen molar-refractivity contribution in [2.45, 2.75) is 212 Å². The van der Waals surface area contributed by atoms with E-state index < -0.39 is 26.6 Å². The van der Waals surface area contributed by atoms with Crippen LogP contribution >= 0.6 is 7.82 Å². The van der Waals surface area contributed by atoms with Crippen LogP contribution in [0, 0.1) is 0 Å². The number of rotatable bonds is 41. The molecule has 0 rings (SSSR count). The minimum atomic E-state index is -4.60. The third-order valence-corrected chi connectivity index (χ3v) is 11.0. The van der Waals surface area contributed by atoms with Gasteiger partial charge in [0, 0.05) is 6.42 Å². The van der Waals surface area contributed by atoms with Crippen molar-refractivity contribution < 1.29 is 32.9 Å². The van der Waals surface area contributed by atoms with Gasteiger partial charge in [-0.3, -0.25) is 9.36 Å². The zero-order chi connectivity index (χ0) is 40.7. The summed E-state index contributed by atoms with van der Waals surface area (Å²) >= 11 is 0. The Morgan fingerprint density at radius 2 is 1.02 bits per heavy atom. The predicted octanol–water partition coefficient (Wildman–Crippen LogP) is 12.1. The van der Waals surface area contributed by atoms with Crippen LogP contribution in [-0.2, 0) is 18.4 Å². The molecule has 0 radical (unpaired) electrons. The SMILES string of the molecule is CCCCCCCCC/C=C\CCCCCCCC(=O)NC(COP(=O)([O-])OCC[N+](C)(C)C)C(O)/C=C/CC/C=C/CCCCCCCCCCCCC. The second kappa shape index (κ2) is 38.2. The van der Waals surface area contributed by atoms with Gasteiger partial charge in [0.15, 0.2) is 0 Å². The quantitative estimate of drug-likeness (QED) is 0.0276. The number of hydrogen-bond acceptors (Lipinski definition) is 6. The molecular formula is C46H89N2O6P. The van der Waals surface area contributed by atoms with Gasteiger partial charge in [0.1, 0.15) is 13.2 Å². The van der Waals surface area contributed by atoms with E-state index in [1.54, 1.807) is 6.08 Å². The molecule has 0 aliphatic carbocycles. The number of allylic oxidation sites excluding steroid dienone is 5. The molecule has 3 unspecified atom stereocenters. The summed E-state index contributed by atoms with van der Waals surface area (Å²) < 4.78 is 23.2. The van der Waals surface area contributed by atoms with Gasteiger partial charge in [-0.15, -0.1) is 0 Å². The predicted molar refractivity (Wildman–Crippen MR) is 233 cm³/mol.